The van der Waals surface area contributed by atoms with E-state index in [4.69, 9.17) is 0 Å². The van der Waals surface area contributed by atoms with Crippen molar-refractivity contribution in [3.63, 3.8) is 0 Å². The van der Waals surface area contributed by atoms with Gasteiger partial charge in [0.05, 0.1) is 0 Å². The molecule has 2 heterocycles. The average Bonchev–Trinajstić information content (AvgIpc) is 2.74. The van der Waals surface area contributed by atoms with Crippen LogP contribution >= 0.6 is 0 Å². The smallest absolute Gasteiger partial charge is 0.272 e. The standard InChI is InChI=1S/C17H28N4O/c1-13(2)8-9-18-16-12-15(19-14(3)20-16)17(22)21-10-6-4-5-7-11-21/h12-13H,4-11H2,1-3H3,(H,18,19,20). The summed E-state index contributed by atoms with van der Waals surface area (Å²) in [6.07, 6.45) is 5.70. The Balaban J connectivity index is 2.05. The molecule has 1 saturated heterocycles. The Morgan fingerprint density at radius 1 is 1.23 bits per heavy atom. The maximum atomic E-state index is 12.6. The second-order valence-electron chi connectivity index (χ2n) is 6.50. The van der Waals surface area contributed by atoms with E-state index in [1.54, 1.807) is 6.07 Å². The normalized spacial score (nSPS) is 15.7. The summed E-state index contributed by atoms with van der Waals surface area (Å²) in [7, 11) is 0. The lowest BCUT2D eigenvalue weighted by Gasteiger charge is -2.20. The number of nitrogens with one attached hydrogen (secondary N) is 1. The van der Waals surface area contributed by atoms with Crippen molar-refractivity contribution in [2.75, 3.05) is 25.0 Å². The van der Waals surface area contributed by atoms with Crippen molar-refractivity contribution in [2.24, 2.45) is 5.92 Å². The molecule has 2 rings (SSSR count). The Labute approximate surface area is 133 Å². The van der Waals surface area contributed by atoms with E-state index in [0.29, 0.717) is 17.4 Å². The summed E-state index contributed by atoms with van der Waals surface area (Å²) in [5.74, 6) is 2.09. The molecule has 1 amide bonds. The van der Waals surface area contributed by atoms with Crippen LogP contribution in [0.25, 0.3) is 0 Å². The molecule has 122 valence electrons. The van der Waals surface area contributed by atoms with Crippen molar-refractivity contribution in [1.82, 2.24) is 14.9 Å². The molecule has 1 aromatic heterocycles. The highest BCUT2D eigenvalue weighted by atomic mass is 16.2. The molecule has 22 heavy (non-hydrogen) atoms. The summed E-state index contributed by atoms with van der Waals surface area (Å²) in [5.41, 5.74) is 0.515. The third-order valence-corrected chi connectivity index (χ3v) is 3.98. The van der Waals surface area contributed by atoms with Crippen LogP contribution in [0.15, 0.2) is 6.07 Å². The van der Waals surface area contributed by atoms with Crippen LogP contribution in [0.4, 0.5) is 5.82 Å². The molecule has 1 N–H and O–H groups in total. The minimum Gasteiger partial charge on any atom is -0.370 e. The monoisotopic (exact) mass is 304 g/mol. The number of hydrogen-bond donors (Lipinski definition) is 1. The van der Waals surface area contributed by atoms with E-state index in [0.717, 1.165) is 44.7 Å². The Hall–Kier alpha value is -1.65. The number of carbonyl (C=O) groups is 1. The maximum absolute atomic E-state index is 12.6. The molecule has 0 unspecified atom stereocenters. The highest BCUT2D eigenvalue weighted by Crippen LogP contribution is 2.14. The molecule has 0 aromatic carbocycles. The molecular weight excluding hydrogens is 276 g/mol. The van der Waals surface area contributed by atoms with Gasteiger partial charge in [-0.1, -0.05) is 26.7 Å². The average molecular weight is 304 g/mol. The van der Waals surface area contributed by atoms with E-state index in [2.05, 4.69) is 29.1 Å². The molecule has 0 saturated carbocycles. The van der Waals surface area contributed by atoms with Crippen LogP contribution in [0.5, 0.6) is 0 Å². The third kappa shape index (κ3) is 4.97. The summed E-state index contributed by atoms with van der Waals surface area (Å²) in [4.78, 5) is 23.3. The summed E-state index contributed by atoms with van der Waals surface area (Å²) in [6.45, 7) is 8.79. The largest absolute Gasteiger partial charge is 0.370 e. The topological polar surface area (TPSA) is 58.1 Å². The van der Waals surface area contributed by atoms with Crippen LogP contribution in [0.1, 0.15) is 62.3 Å². The van der Waals surface area contributed by atoms with Gasteiger partial charge < -0.3 is 10.2 Å². The van der Waals surface area contributed by atoms with Crippen molar-refractivity contribution in [3.05, 3.63) is 17.6 Å². The van der Waals surface area contributed by atoms with Gasteiger partial charge in [-0.05, 0) is 32.1 Å². The van der Waals surface area contributed by atoms with Crippen molar-refractivity contribution < 1.29 is 4.79 Å². The molecule has 0 atom stereocenters. The van der Waals surface area contributed by atoms with E-state index in [1.165, 1.54) is 12.8 Å². The fraction of sp³-hybridized carbons (Fsp3) is 0.706. The number of likely N-dealkylation sites (tertiary alicyclic amines) is 1. The molecule has 1 aromatic rings. The van der Waals surface area contributed by atoms with Crippen LogP contribution in [0, 0.1) is 12.8 Å². The molecular formula is C17H28N4O. The molecule has 1 fully saturated rings. The number of amides is 1. The SMILES string of the molecule is Cc1nc(NCCC(C)C)cc(C(=O)N2CCCCCC2)n1. The fourth-order valence-electron chi connectivity index (χ4n) is 2.69. The Morgan fingerprint density at radius 2 is 1.91 bits per heavy atom. The van der Waals surface area contributed by atoms with E-state index in [1.807, 2.05) is 11.8 Å². The number of aryl methyl sites for hydroxylation is 1. The summed E-state index contributed by atoms with van der Waals surface area (Å²) in [6, 6.07) is 1.79. The highest BCUT2D eigenvalue weighted by molar-refractivity contribution is 5.93. The first-order valence-electron chi connectivity index (χ1n) is 8.45. The number of aromatic nitrogens is 2. The lowest BCUT2D eigenvalue weighted by molar-refractivity contribution is 0.0755. The van der Waals surface area contributed by atoms with Gasteiger partial charge in [-0.3, -0.25) is 4.79 Å². The third-order valence-electron chi connectivity index (χ3n) is 3.98. The summed E-state index contributed by atoms with van der Waals surface area (Å²) in [5, 5.41) is 3.31. The molecule has 1 aliphatic rings. The van der Waals surface area contributed by atoms with Crippen molar-refractivity contribution in [1.29, 1.82) is 0 Å². The molecule has 1 aliphatic heterocycles. The van der Waals surface area contributed by atoms with Crippen LogP contribution in [0.2, 0.25) is 0 Å². The second-order valence-corrected chi connectivity index (χ2v) is 6.50. The zero-order valence-electron chi connectivity index (χ0n) is 14.1. The van der Waals surface area contributed by atoms with E-state index in [-0.39, 0.29) is 5.91 Å². The first kappa shape index (κ1) is 16.7. The minimum absolute atomic E-state index is 0.0410. The molecule has 0 aliphatic carbocycles. The van der Waals surface area contributed by atoms with Gasteiger partial charge in [0.2, 0.25) is 0 Å². The lowest BCUT2D eigenvalue weighted by atomic mass is 10.1. The van der Waals surface area contributed by atoms with Crippen LogP contribution in [-0.4, -0.2) is 40.4 Å². The molecule has 5 heteroatoms. The Morgan fingerprint density at radius 3 is 2.55 bits per heavy atom. The van der Waals surface area contributed by atoms with Crippen molar-refractivity contribution in [3.8, 4) is 0 Å². The number of anilines is 1. The second kappa shape index (κ2) is 8.11. The molecule has 5 nitrogen and oxygen atoms in total. The predicted molar refractivity (Wildman–Crippen MR) is 89.1 cm³/mol. The van der Waals surface area contributed by atoms with Gasteiger partial charge >= 0.3 is 0 Å². The van der Waals surface area contributed by atoms with Gasteiger partial charge in [-0.25, -0.2) is 9.97 Å². The first-order chi connectivity index (χ1) is 10.6. The fourth-order valence-corrected chi connectivity index (χ4v) is 2.69. The van der Waals surface area contributed by atoms with E-state index < -0.39 is 0 Å². The number of nitrogens with zero attached hydrogens (tertiary/aromatic N) is 3. The quantitative estimate of drug-likeness (QED) is 0.907. The molecule has 0 radical (unpaired) electrons. The lowest BCUT2D eigenvalue weighted by Crippen LogP contribution is -2.32. The van der Waals surface area contributed by atoms with Gasteiger partial charge in [0, 0.05) is 25.7 Å². The van der Waals surface area contributed by atoms with Crippen molar-refractivity contribution in [2.45, 2.75) is 52.9 Å². The van der Waals surface area contributed by atoms with E-state index >= 15 is 0 Å². The van der Waals surface area contributed by atoms with Crippen molar-refractivity contribution >= 4 is 11.7 Å². The van der Waals surface area contributed by atoms with Gasteiger partial charge in [0.15, 0.2) is 0 Å². The number of hydrogen-bond acceptors (Lipinski definition) is 4. The predicted octanol–water partition coefficient (Wildman–Crippen LogP) is 3.26. The minimum atomic E-state index is 0.0410. The zero-order valence-corrected chi connectivity index (χ0v) is 14.1. The molecule has 0 spiro atoms. The summed E-state index contributed by atoms with van der Waals surface area (Å²) < 4.78 is 0. The first-order valence-corrected chi connectivity index (χ1v) is 8.45. The number of rotatable bonds is 5. The highest BCUT2D eigenvalue weighted by Gasteiger charge is 2.19. The number of carbonyl (C=O) groups excluding carboxylic acids is 1. The van der Waals surface area contributed by atoms with Gasteiger partial charge in [-0.2, -0.15) is 0 Å². The summed E-state index contributed by atoms with van der Waals surface area (Å²) >= 11 is 0. The van der Waals surface area contributed by atoms with Crippen LogP contribution < -0.4 is 5.32 Å². The zero-order chi connectivity index (χ0) is 15.9. The van der Waals surface area contributed by atoms with Gasteiger partial charge in [-0.15, -0.1) is 0 Å². The van der Waals surface area contributed by atoms with Gasteiger partial charge in [0.1, 0.15) is 17.3 Å². The van der Waals surface area contributed by atoms with Gasteiger partial charge in [0.25, 0.3) is 5.91 Å². The Kier molecular flexibility index (Phi) is 6.16. The Bertz CT molecular complexity index is 493. The molecule has 0 bridgehead atoms. The van der Waals surface area contributed by atoms with Crippen LogP contribution in [0.3, 0.4) is 0 Å². The van der Waals surface area contributed by atoms with E-state index in [9.17, 15) is 4.79 Å². The maximum Gasteiger partial charge on any atom is 0.272 e. The van der Waals surface area contributed by atoms with Crippen LogP contribution in [-0.2, 0) is 0 Å².